The van der Waals surface area contributed by atoms with Crippen LogP contribution in [-0.4, -0.2) is 23.9 Å². The number of benzene rings is 2. The number of hydrazine groups is 1. The summed E-state index contributed by atoms with van der Waals surface area (Å²) < 4.78 is 10.8. The summed E-state index contributed by atoms with van der Waals surface area (Å²) in [5, 5.41) is 2.86. The molecule has 2 N–H and O–H groups in total. The van der Waals surface area contributed by atoms with Gasteiger partial charge in [-0.15, -0.1) is 11.3 Å². The molecule has 0 aliphatic heterocycles. The average Bonchev–Trinajstić information content (AvgIpc) is 3.15. The van der Waals surface area contributed by atoms with Crippen LogP contribution in [0, 0.1) is 6.92 Å². The quantitative estimate of drug-likeness (QED) is 0.624. The lowest BCUT2D eigenvalue weighted by Crippen LogP contribution is -2.41. The Morgan fingerprint density at radius 2 is 1.75 bits per heavy atom. The molecule has 0 unspecified atom stereocenters. The normalized spacial score (nSPS) is 10.2. The number of thiazole rings is 1. The SMILES string of the molecule is COc1ccc(C(=O)NNC(=O)c2ccccc2OCc2csc(C)n2)cc1. The van der Waals surface area contributed by atoms with Gasteiger partial charge in [-0.2, -0.15) is 0 Å². The highest BCUT2D eigenvalue weighted by Crippen LogP contribution is 2.20. The largest absolute Gasteiger partial charge is 0.497 e. The number of hydrogen-bond donors (Lipinski definition) is 2. The van der Waals surface area contributed by atoms with Crippen LogP contribution in [0.4, 0.5) is 0 Å². The Kier molecular flexibility index (Phi) is 6.23. The molecule has 0 saturated heterocycles. The molecule has 0 fully saturated rings. The maximum atomic E-state index is 12.5. The van der Waals surface area contributed by atoms with Gasteiger partial charge in [-0.25, -0.2) is 4.98 Å². The smallest absolute Gasteiger partial charge is 0.273 e. The zero-order chi connectivity index (χ0) is 19.9. The number of carbonyl (C=O) groups is 2. The second-order valence-electron chi connectivity index (χ2n) is 5.78. The third-order valence-electron chi connectivity index (χ3n) is 3.82. The first-order valence-electron chi connectivity index (χ1n) is 8.44. The standard InChI is InChI=1S/C20H19N3O4S/c1-13-21-15(12-28-13)11-27-18-6-4-3-5-17(18)20(25)23-22-19(24)14-7-9-16(26-2)10-8-14/h3-10,12H,11H2,1-2H3,(H,22,24)(H,23,25). The number of ether oxygens (including phenoxy) is 2. The summed E-state index contributed by atoms with van der Waals surface area (Å²) in [7, 11) is 1.55. The molecule has 0 spiro atoms. The van der Waals surface area contributed by atoms with Gasteiger partial charge in [0.05, 0.1) is 23.4 Å². The van der Waals surface area contributed by atoms with Crippen molar-refractivity contribution in [2.45, 2.75) is 13.5 Å². The molecule has 0 radical (unpaired) electrons. The Morgan fingerprint density at radius 3 is 2.43 bits per heavy atom. The van der Waals surface area contributed by atoms with Gasteiger partial charge in [0.2, 0.25) is 0 Å². The fourth-order valence-electron chi connectivity index (χ4n) is 2.40. The lowest BCUT2D eigenvalue weighted by atomic mass is 10.2. The Morgan fingerprint density at radius 1 is 1.04 bits per heavy atom. The number of para-hydroxylation sites is 1. The first kappa shape index (κ1) is 19.4. The average molecular weight is 397 g/mol. The van der Waals surface area contributed by atoms with Crippen LogP contribution in [0.25, 0.3) is 0 Å². The van der Waals surface area contributed by atoms with Gasteiger partial charge in [0, 0.05) is 10.9 Å². The Balaban J connectivity index is 1.61. The van der Waals surface area contributed by atoms with Crippen molar-refractivity contribution in [3.63, 3.8) is 0 Å². The van der Waals surface area contributed by atoms with E-state index in [9.17, 15) is 9.59 Å². The highest BCUT2D eigenvalue weighted by molar-refractivity contribution is 7.09. The Labute approximate surface area is 166 Å². The van der Waals surface area contributed by atoms with Crippen LogP contribution in [0.2, 0.25) is 0 Å². The monoisotopic (exact) mass is 397 g/mol. The third-order valence-corrected chi connectivity index (χ3v) is 4.64. The second-order valence-corrected chi connectivity index (χ2v) is 6.84. The second kappa shape index (κ2) is 9.01. The molecule has 144 valence electrons. The van der Waals surface area contributed by atoms with Crippen LogP contribution in [0.5, 0.6) is 11.5 Å². The molecule has 28 heavy (non-hydrogen) atoms. The van der Waals surface area contributed by atoms with Gasteiger partial charge in [-0.3, -0.25) is 20.4 Å². The number of aromatic nitrogens is 1. The molecule has 0 atom stereocenters. The molecule has 0 aliphatic rings. The van der Waals surface area contributed by atoms with Crippen molar-refractivity contribution >= 4 is 23.2 Å². The van der Waals surface area contributed by atoms with Crippen molar-refractivity contribution in [1.29, 1.82) is 0 Å². The van der Waals surface area contributed by atoms with Crippen molar-refractivity contribution < 1.29 is 19.1 Å². The summed E-state index contributed by atoms with van der Waals surface area (Å²) in [6.07, 6.45) is 0. The molecular weight excluding hydrogens is 378 g/mol. The number of nitrogens with zero attached hydrogens (tertiary/aromatic N) is 1. The summed E-state index contributed by atoms with van der Waals surface area (Å²) in [5.41, 5.74) is 6.30. The van der Waals surface area contributed by atoms with Gasteiger partial charge < -0.3 is 9.47 Å². The van der Waals surface area contributed by atoms with Gasteiger partial charge in [0.25, 0.3) is 11.8 Å². The Hall–Kier alpha value is -3.39. The molecule has 1 heterocycles. The lowest BCUT2D eigenvalue weighted by molar-refractivity contribution is 0.0844. The molecule has 1 aromatic heterocycles. The highest BCUT2D eigenvalue weighted by atomic mass is 32.1. The summed E-state index contributed by atoms with van der Waals surface area (Å²) in [5.74, 6) is 0.130. The molecular formula is C20H19N3O4S. The molecule has 2 amide bonds. The fraction of sp³-hybridized carbons (Fsp3) is 0.150. The van der Waals surface area contributed by atoms with Crippen molar-refractivity contribution in [2.75, 3.05) is 7.11 Å². The molecule has 8 heteroatoms. The van der Waals surface area contributed by atoms with Gasteiger partial charge in [0.1, 0.15) is 18.1 Å². The molecule has 0 aliphatic carbocycles. The van der Waals surface area contributed by atoms with Crippen molar-refractivity contribution in [3.05, 3.63) is 75.7 Å². The molecule has 7 nitrogen and oxygen atoms in total. The Bertz CT molecular complexity index is 970. The number of amides is 2. The molecule has 3 rings (SSSR count). The number of rotatable bonds is 6. The molecule has 3 aromatic rings. The van der Waals surface area contributed by atoms with Gasteiger partial charge in [-0.05, 0) is 43.3 Å². The van der Waals surface area contributed by atoms with E-state index >= 15 is 0 Å². The zero-order valence-corrected chi connectivity index (χ0v) is 16.2. The van der Waals surface area contributed by atoms with Crippen LogP contribution < -0.4 is 20.3 Å². The maximum Gasteiger partial charge on any atom is 0.273 e. The van der Waals surface area contributed by atoms with E-state index in [1.54, 1.807) is 55.6 Å². The third kappa shape index (κ3) is 4.86. The van der Waals surface area contributed by atoms with Crippen LogP contribution >= 0.6 is 11.3 Å². The number of hydrogen-bond acceptors (Lipinski definition) is 6. The van der Waals surface area contributed by atoms with E-state index < -0.39 is 11.8 Å². The lowest BCUT2D eigenvalue weighted by Gasteiger charge is -2.12. The summed E-state index contributed by atoms with van der Waals surface area (Å²) in [6.45, 7) is 2.17. The fourth-order valence-corrected chi connectivity index (χ4v) is 3.00. The minimum atomic E-state index is -0.480. The van der Waals surface area contributed by atoms with E-state index in [-0.39, 0.29) is 6.61 Å². The number of aryl methyl sites for hydroxylation is 1. The number of nitrogens with one attached hydrogen (secondary N) is 2. The predicted molar refractivity (Wildman–Crippen MR) is 106 cm³/mol. The number of carbonyl (C=O) groups excluding carboxylic acids is 2. The highest BCUT2D eigenvalue weighted by Gasteiger charge is 2.14. The number of methoxy groups -OCH3 is 1. The van der Waals surface area contributed by atoms with Crippen LogP contribution in [0.15, 0.2) is 53.9 Å². The van der Waals surface area contributed by atoms with Crippen molar-refractivity contribution in [3.8, 4) is 11.5 Å². The first-order valence-corrected chi connectivity index (χ1v) is 9.32. The van der Waals surface area contributed by atoms with Crippen LogP contribution in [-0.2, 0) is 6.61 Å². The maximum absolute atomic E-state index is 12.5. The van der Waals surface area contributed by atoms with Crippen molar-refractivity contribution in [2.24, 2.45) is 0 Å². The van der Waals surface area contributed by atoms with Gasteiger partial charge in [0.15, 0.2) is 0 Å². The predicted octanol–water partition coefficient (Wildman–Crippen LogP) is 3.11. The van der Waals surface area contributed by atoms with Crippen molar-refractivity contribution in [1.82, 2.24) is 15.8 Å². The first-order chi connectivity index (χ1) is 13.6. The van der Waals surface area contributed by atoms with E-state index in [4.69, 9.17) is 9.47 Å². The van der Waals surface area contributed by atoms with E-state index in [0.29, 0.717) is 22.6 Å². The van der Waals surface area contributed by atoms with Gasteiger partial charge in [-0.1, -0.05) is 12.1 Å². The van der Waals surface area contributed by atoms with E-state index in [1.165, 1.54) is 11.3 Å². The van der Waals surface area contributed by atoms with Gasteiger partial charge >= 0.3 is 0 Å². The van der Waals surface area contributed by atoms with Crippen LogP contribution in [0.3, 0.4) is 0 Å². The summed E-state index contributed by atoms with van der Waals surface area (Å²) in [4.78, 5) is 29.0. The minimum absolute atomic E-state index is 0.257. The van der Waals surface area contributed by atoms with E-state index in [0.717, 1.165) is 10.7 Å². The summed E-state index contributed by atoms with van der Waals surface area (Å²) >= 11 is 1.54. The zero-order valence-electron chi connectivity index (χ0n) is 15.4. The molecule has 2 aromatic carbocycles. The summed E-state index contributed by atoms with van der Waals surface area (Å²) in [6, 6.07) is 13.4. The van der Waals surface area contributed by atoms with E-state index in [2.05, 4.69) is 15.8 Å². The molecule has 0 bridgehead atoms. The minimum Gasteiger partial charge on any atom is -0.497 e. The topological polar surface area (TPSA) is 89.6 Å². The van der Waals surface area contributed by atoms with E-state index in [1.807, 2.05) is 12.3 Å². The molecule has 0 saturated carbocycles. The van der Waals surface area contributed by atoms with Crippen LogP contribution in [0.1, 0.15) is 31.4 Å².